The summed E-state index contributed by atoms with van der Waals surface area (Å²) in [5.41, 5.74) is 5.84. The van der Waals surface area contributed by atoms with E-state index in [-0.39, 0.29) is 11.1 Å². The van der Waals surface area contributed by atoms with Crippen LogP contribution in [-0.4, -0.2) is 21.6 Å². The lowest BCUT2D eigenvalue weighted by atomic mass is 9.94. The van der Waals surface area contributed by atoms with Crippen LogP contribution >= 0.6 is 0 Å². The summed E-state index contributed by atoms with van der Waals surface area (Å²) in [5.74, 6) is 0.391. The van der Waals surface area contributed by atoms with E-state index in [0.29, 0.717) is 18.9 Å². The highest BCUT2D eigenvalue weighted by Gasteiger charge is 2.20. The monoisotopic (exact) mass is 252 g/mol. The van der Waals surface area contributed by atoms with E-state index in [1.54, 1.807) is 17.0 Å². The van der Waals surface area contributed by atoms with Crippen molar-refractivity contribution in [2.45, 2.75) is 52.1 Å². The Morgan fingerprint density at radius 3 is 2.61 bits per heavy atom. The molecule has 3 N–H and O–H groups in total. The van der Waals surface area contributed by atoms with E-state index in [1.807, 2.05) is 6.92 Å². The Bertz CT molecular complexity index is 423. The molecule has 1 aromatic rings. The second-order valence-electron chi connectivity index (χ2n) is 4.70. The number of nitrogens with zero attached hydrogens (tertiary/aromatic N) is 2. The molecular weight excluding hydrogens is 228 g/mol. The van der Waals surface area contributed by atoms with Crippen molar-refractivity contribution in [2.75, 3.05) is 11.9 Å². The van der Waals surface area contributed by atoms with Crippen molar-refractivity contribution in [1.29, 1.82) is 0 Å². The molecule has 1 heterocycles. The van der Waals surface area contributed by atoms with Gasteiger partial charge in [0, 0.05) is 31.0 Å². The minimum atomic E-state index is -0.278. The molecule has 0 fully saturated rings. The minimum Gasteiger partial charge on any atom is -0.364 e. The third-order valence-electron chi connectivity index (χ3n) is 3.39. The summed E-state index contributed by atoms with van der Waals surface area (Å²) < 4.78 is 1.67. The Morgan fingerprint density at radius 1 is 1.39 bits per heavy atom. The van der Waals surface area contributed by atoms with Crippen molar-refractivity contribution >= 4 is 5.82 Å². The predicted molar refractivity (Wildman–Crippen MR) is 74.8 cm³/mol. The molecule has 0 amide bonds. The van der Waals surface area contributed by atoms with Crippen LogP contribution in [0.5, 0.6) is 0 Å². The van der Waals surface area contributed by atoms with Crippen molar-refractivity contribution in [1.82, 2.24) is 9.55 Å². The van der Waals surface area contributed by atoms with Crippen LogP contribution in [-0.2, 0) is 6.54 Å². The van der Waals surface area contributed by atoms with Gasteiger partial charge in [-0.3, -0.25) is 4.79 Å². The first-order chi connectivity index (χ1) is 8.56. The summed E-state index contributed by atoms with van der Waals surface area (Å²) in [6, 6.07) is 0. The quantitative estimate of drug-likeness (QED) is 0.773. The number of hydrogen-bond donors (Lipinski definition) is 2. The van der Waals surface area contributed by atoms with E-state index in [9.17, 15) is 4.79 Å². The predicted octanol–water partition coefficient (Wildman–Crippen LogP) is 1.58. The Labute approximate surface area is 108 Å². The Kier molecular flexibility index (Phi) is 5.34. The van der Waals surface area contributed by atoms with Crippen LogP contribution in [0.1, 0.15) is 40.0 Å². The topological polar surface area (TPSA) is 72.9 Å². The fraction of sp³-hybridized carbons (Fsp3) is 0.692. The van der Waals surface area contributed by atoms with Gasteiger partial charge >= 0.3 is 0 Å². The molecule has 0 aliphatic rings. The Hall–Kier alpha value is -1.36. The molecule has 0 aromatic carbocycles. The standard InChI is InChI=1S/C13H24N4O/c1-4-8-17-9-7-15-11(12(17)18)16-10-13(14,5-2)6-3/h7,9H,4-6,8,10,14H2,1-3H3,(H,15,16). The summed E-state index contributed by atoms with van der Waals surface area (Å²) >= 11 is 0. The first-order valence-corrected chi connectivity index (χ1v) is 6.64. The first kappa shape index (κ1) is 14.7. The van der Waals surface area contributed by atoms with Gasteiger partial charge in [0.2, 0.25) is 0 Å². The maximum absolute atomic E-state index is 12.0. The number of aromatic nitrogens is 2. The van der Waals surface area contributed by atoms with Crippen molar-refractivity contribution in [3.05, 3.63) is 22.7 Å². The van der Waals surface area contributed by atoms with E-state index in [1.165, 1.54) is 0 Å². The molecule has 0 atom stereocenters. The van der Waals surface area contributed by atoms with Gasteiger partial charge in [0.15, 0.2) is 5.82 Å². The zero-order valence-electron chi connectivity index (χ0n) is 11.6. The average Bonchev–Trinajstić information content (AvgIpc) is 2.39. The van der Waals surface area contributed by atoms with Crippen LogP contribution in [0, 0.1) is 0 Å². The third-order valence-corrected chi connectivity index (χ3v) is 3.39. The number of aryl methyl sites for hydroxylation is 1. The van der Waals surface area contributed by atoms with Gasteiger partial charge in [-0.05, 0) is 19.3 Å². The zero-order chi connectivity index (χ0) is 13.6. The van der Waals surface area contributed by atoms with E-state index < -0.39 is 0 Å². The van der Waals surface area contributed by atoms with Crippen LogP contribution in [0.4, 0.5) is 5.82 Å². The maximum Gasteiger partial charge on any atom is 0.293 e. The third kappa shape index (κ3) is 3.57. The van der Waals surface area contributed by atoms with Crippen LogP contribution in [0.3, 0.4) is 0 Å². The minimum absolute atomic E-state index is 0.0751. The maximum atomic E-state index is 12.0. The summed E-state index contributed by atoms with van der Waals surface area (Å²) in [7, 11) is 0. The van der Waals surface area contributed by atoms with Crippen molar-refractivity contribution < 1.29 is 0 Å². The summed E-state index contributed by atoms with van der Waals surface area (Å²) in [6.07, 6.45) is 6.02. The fourth-order valence-electron chi connectivity index (χ4n) is 1.75. The van der Waals surface area contributed by atoms with Crippen molar-refractivity contribution in [3.8, 4) is 0 Å². The van der Waals surface area contributed by atoms with Gasteiger partial charge in [0.25, 0.3) is 5.56 Å². The van der Waals surface area contributed by atoms with Gasteiger partial charge in [-0.1, -0.05) is 20.8 Å². The highest BCUT2D eigenvalue weighted by Crippen LogP contribution is 2.11. The molecule has 5 nitrogen and oxygen atoms in total. The largest absolute Gasteiger partial charge is 0.364 e. The summed E-state index contributed by atoms with van der Waals surface area (Å²) in [4.78, 5) is 16.1. The molecule has 0 unspecified atom stereocenters. The van der Waals surface area contributed by atoms with Gasteiger partial charge in [-0.2, -0.15) is 0 Å². The number of anilines is 1. The molecule has 0 saturated carbocycles. The van der Waals surface area contributed by atoms with E-state index >= 15 is 0 Å². The van der Waals surface area contributed by atoms with E-state index in [0.717, 1.165) is 19.3 Å². The smallest absolute Gasteiger partial charge is 0.293 e. The fourth-order valence-corrected chi connectivity index (χ4v) is 1.75. The van der Waals surface area contributed by atoms with Gasteiger partial charge in [0.1, 0.15) is 0 Å². The highest BCUT2D eigenvalue weighted by molar-refractivity contribution is 5.31. The van der Waals surface area contributed by atoms with Crippen molar-refractivity contribution in [2.24, 2.45) is 5.73 Å². The zero-order valence-corrected chi connectivity index (χ0v) is 11.6. The molecule has 102 valence electrons. The molecule has 1 aromatic heterocycles. The molecular formula is C13H24N4O. The van der Waals surface area contributed by atoms with Gasteiger partial charge < -0.3 is 15.6 Å². The molecule has 0 aliphatic heterocycles. The number of rotatable bonds is 7. The van der Waals surface area contributed by atoms with Gasteiger partial charge in [-0.25, -0.2) is 4.98 Å². The lowest BCUT2D eigenvalue weighted by Crippen LogP contribution is -2.46. The summed E-state index contributed by atoms with van der Waals surface area (Å²) in [6.45, 7) is 7.43. The Balaban J connectivity index is 2.79. The molecule has 1 rings (SSSR count). The SMILES string of the molecule is CCCn1ccnc(NCC(N)(CC)CC)c1=O. The van der Waals surface area contributed by atoms with Gasteiger partial charge in [-0.15, -0.1) is 0 Å². The second-order valence-corrected chi connectivity index (χ2v) is 4.70. The molecule has 0 aliphatic carbocycles. The van der Waals surface area contributed by atoms with Crippen LogP contribution < -0.4 is 16.6 Å². The molecule has 5 heteroatoms. The molecule has 18 heavy (non-hydrogen) atoms. The van der Waals surface area contributed by atoms with E-state index in [4.69, 9.17) is 5.73 Å². The lowest BCUT2D eigenvalue weighted by molar-refractivity contribution is 0.417. The van der Waals surface area contributed by atoms with Gasteiger partial charge in [0.05, 0.1) is 0 Å². The number of hydrogen-bond acceptors (Lipinski definition) is 4. The normalized spacial score (nSPS) is 11.6. The lowest BCUT2D eigenvalue weighted by Gasteiger charge is -2.26. The Morgan fingerprint density at radius 2 is 2.06 bits per heavy atom. The molecule has 0 bridgehead atoms. The molecule has 0 spiro atoms. The average molecular weight is 252 g/mol. The highest BCUT2D eigenvalue weighted by atomic mass is 16.1. The second kappa shape index (κ2) is 6.54. The van der Waals surface area contributed by atoms with Crippen LogP contribution in [0.25, 0.3) is 0 Å². The summed E-state index contributed by atoms with van der Waals surface area (Å²) in [5, 5.41) is 3.08. The van der Waals surface area contributed by atoms with Crippen molar-refractivity contribution in [3.63, 3.8) is 0 Å². The molecule has 0 radical (unpaired) electrons. The molecule has 0 saturated heterocycles. The van der Waals surface area contributed by atoms with Crippen LogP contribution in [0.2, 0.25) is 0 Å². The number of nitrogens with one attached hydrogen (secondary N) is 1. The van der Waals surface area contributed by atoms with Crippen LogP contribution in [0.15, 0.2) is 17.2 Å². The first-order valence-electron chi connectivity index (χ1n) is 6.64. The number of nitrogens with two attached hydrogens (primary N) is 1. The van der Waals surface area contributed by atoms with E-state index in [2.05, 4.69) is 24.1 Å².